The van der Waals surface area contributed by atoms with Gasteiger partial charge in [0.1, 0.15) is 6.07 Å². The SMILES string of the molecule is CN(c1cc(Br)ccc1C#N)C1CC1. The molecular weight excluding hydrogens is 240 g/mol. The van der Waals surface area contributed by atoms with Gasteiger partial charge in [0.25, 0.3) is 0 Å². The Morgan fingerprint density at radius 1 is 1.50 bits per heavy atom. The molecule has 0 aliphatic heterocycles. The van der Waals surface area contributed by atoms with E-state index in [0.29, 0.717) is 6.04 Å². The summed E-state index contributed by atoms with van der Waals surface area (Å²) < 4.78 is 1.03. The van der Waals surface area contributed by atoms with E-state index in [2.05, 4.69) is 33.9 Å². The Bertz CT molecular complexity index is 391. The minimum Gasteiger partial charge on any atom is -0.371 e. The van der Waals surface area contributed by atoms with Crippen LogP contribution in [-0.2, 0) is 0 Å². The lowest BCUT2D eigenvalue weighted by molar-refractivity contribution is 0.914. The summed E-state index contributed by atoms with van der Waals surface area (Å²) in [6, 6.07) is 8.64. The molecule has 0 unspecified atom stereocenters. The van der Waals surface area contributed by atoms with E-state index in [-0.39, 0.29) is 0 Å². The summed E-state index contributed by atoms with van der Waals surface area (Å²) in [5.41, 5.74) is 1.78. The summed E-state index contributed by atoms with van der Waals surface area (Å²) in [6.07, 6.45) is 2.49. The van der Waals surface area contributed by atoms with E-state index in [1.807, 2.05) is 18.2 Å². The van der Waals surface area contributed by atoms with Crippen molar-refractivity contribution in [1.29, 1.82) is 5.26 Å². The minimum absolute atomic E-state index is 0.636. The van der Waals surface area contributed by atoms with Crippen molar-refractivity contribution in [3.63, 3.8) is 0 Å². The second-order valence-electron chi connectivity index (χ2n) is 3.62. The number of hydrogen-bond acceptors (Lipinski definition) is 2. The lowest BCUT2D eigenvalue weighted by Gasteiger charge is -2.19. The summed E-state index contributed by atoms with van der Waals surface area (Å²) in [5.74, 6) is 0. The van der Waals surface area contributed by atoms with E-state index in [1.165, 1.54) is 12.8 Å². The molecule has 1 aliphatic carbocycles. The second kappa shape index (κ2) is 3.62. The molecule has 0 spiro atoms. The Kier molecular flexibility index (Phi) is 2.47. The molecule has 0 saturated heterocycles. The number of anilines is 1. The fraction of sp³-hybridized carbons (Fsp3) is 0.364. The molecule has 0 aromatic heterocycles. The normalized spacial score (nSPS) is 14.9. The van der Waals surface area contributed by atoms with E-state index in [1.54, 1.807) is 0 Å². The van der Waals surface area contributed by atoms with E-state index < -0.39 is 0 Å². The molecule has 0 amide bonds. The fourth-order valence-corrected chi connectivity index (χ4v) is 1.90. The zero-order valence-electron chi connectivity index (χ0n) is 8.00. The maximum atomic E-state index is 8.97. The van der Waals surface area contributed by atoms with Crippen LogP contribution in [0.15, 0.2) is 22.7 Å². The number of rotatable bonds is 2. The van der Waals surface area contributed by atoms with Gasteiger partial charge in [-0.1, -0.05) is 15.9 Å². The number of benzene rings is 1. The zero-order chi connectivity index (χ0) is 10.1. The first-order chi connectivity index (χ1) is 6.72. The predicted molar refractivity (Wildman–Crippen MR) is 60.3 cm³/mol. The average molecular weight is 251 g/mol. The molecule has 0 atom stereocenters. The Balaban J connectivity index is 2.38. The standard InChI is InChI=1S/C11H11BrN2/c1-14(10-4-5-10)11-6-9(12)3-2-8(11)7-13/h2-3,6,10H,4-5H2,1H3. The molecule has 0 bridgehead atoms. The highest BCUT2D eigenvalue weighted by molar-refractivity contribution is 9.10. The predicted octanol–water partition coefficient (Wildman–Crippen LogP) is 2.92. The monoisotopic (exact) mass is 250 g/mol. The van der Waals surface area contributed by atoms with Crippen molar-refractivity contribution in [1.82, 2.24) is 0 Å². The minimum atomic E-state index is 0.636. The molecule has 0 heterocycles. The largest absolute Gasteiger partial charge is 0.371 e. The van der Waals surface area contributed by atoms with Gasteiger partial charge in [-0.2, -0.15) is 5.26 Å². The van der Waals surface area contributed by atoms with Crippen molar-refractivity contribution in [2.24, 2.45) is 0 Å². The van der Waals surface area contributed by atoms with Crippen LogP contribution < -0.4 is 4.90 Å². The maximum Gasteiger partial charge on any atom is 0.101 e. The number of halogens is 1. The third-order valence-corrected chi connectivity index (χ3v) is 3.05. The van der Waals surface area contributed by atoms with Crippen LogP contribution >= 0.6 is 15.9 Å². The van der Waals surface area contributed by atoms with E-state index in [9.17, 15) is 0 Å². The molecule has 14 heavy (non-hydrogen) atoms. The van der Waals surface area contributed by atoms with Crippen molar-refractivity contribution in [3.8, 4) is 6.07 Å². The molecule has 0 radical (unpaired) electrons. The Labute approximate surface area is 92.3 Å². The van der Waals surface area contributed by atoms with Gasteiger partial charge in [-0.25, -0.2) is 0 Å². The van der Waals surface area contributed by atoms with Crippen molar-refractivity contribution in [2.75, 3.05) is 11.9 Å². The van der Waals surface area contributed by atoms with Gasteiger partial charge >= 0.3 is 0 Å². The van der Waals surface area contributed by atoms with Crippen LogP contribution in [0.4, 0.5) is 5.69 Å². The topological polar surface area (TPSA) is 27.0 Å². The van der Waals surface area contributed by atoms with Crippen LogP contribution in [0.2, 0.25) is 0 Å². The first-order valence-electron chi connectivity index (χ1n) is 4.65. The molecule has 2 nitrogen and oxygen atoms in total. The maximum absolute atomic E-state index is 8.97. The summed E-state index contributed by atoms with van der Waals surface area (Å²) in [5, 5.41) is 8.97. The number of nitrogens with zero attached hydrogens (tertiary/aromatic N) is 2. The highest BCUT2D eigenvalue weighted by Gasteiger charge is 2.27. The summed E-state index contributed by atoms with van der Waals surface area (Å²) in [7, 11) is 2.06. The van der Waals surface area contributed by atoms with Crippen molar-refractivity contribution < 1.29 is 0 Å². The van der Waals surface area contributed by atoms with Gasteiger partial charge < -0.3 is 4.90 Å². The lowest BCUT2D eigenvalue weighted by Crippen LogP contribution is -2.20. The van der Waals surface area contributed by atoms with E-state index >= 15 is 0 Å². The smallest absolute Gasteiger partial charge is 0.101 e. The first kappa shape index (κ1) is 9.54. The lowest BCUT2D eigenvalue weighted by atomic mass is 10.2. The first-order valence-corrected chi connectivity index (χ1v) is 5.44. The Hall–Kier alpha value is -1.01. The molecule has 1 aromatic carbocycles. The van der Waals surface area contributed by atoms with Crippen LogP contribution in [0.5, 0.6) is 0 Å². The van der Waals surface area contributed by atoms with Crippen LogP contribution in [0, 0.1) is 11.3 Å². The van der Waals surface area contributed by atoms with Gasteiger partial charge in [0.05, 0.1) is 11.3 Å². The van der Waals surface area contributed by atoms with Gasteiger partial charge in [-0.05, 0) is 31.0 Å². The zero-order valence-corrected chi connectivity index (χ0v) is 9.58. The van der Waals surface area contributed by atoms with E-state index in [4.69, 9.17) is 5.26 Å². The van der Waals surface area contributed by atoms with E-state index in [0.717, 1.165) is 15.7 Å². The van der Waals surface area contributed by atoms with Gasteiger partial charge in [-0.15, -0.1) is 0 Å². The Morgan fingerprint density at radius 3 is 2.79 bits per heavy atom. The molecule has 1 aliphatic rings. The summed E-state index contributed by atoms with van der Waals surface area (Å²) in [4.78, 5) is 2.20. The molecule has 1 aromatic rings. The molecule has 0 N–H and O–H groups in total. The van der Waals surface area contributed by atoms with Gasteiger partial charge in [-0.3, -0.25) is 0 Å². The second-order valence-corrected chi connectivity index (χ2v) is 4.53. The third kappa shape index (κ3) is 1.76. The Morgan fingerprint density at radius 2 is 2.21 bits per heavy atom. The van der Waals surface area contributed by atoms with Gasteiger partial charge in [0.2, 0.25) is 0 Å². The summed E-state index contributed by atoms with van der Waals surface area (Å²) in [6.45, 7) is 0. The number of nitriles is 1. The molecule has 2 rings (SSSR count). The molecule has 72 valence electrons. The molecule has 1 saturated carbocycles. The highest BCUT2D eigenvalue weighted by atomic mass is 79.9. The highest BCUT2D eigenvalue weighted by Crippen LogP contribution is 2.33. The van der Waals surface area contributed by atoms with Crippen molar-refractivity contribution >= 4 is 21.6 Å². The molecule has 1 fully saturated rings. The average Bonchev–Trinajstić information content (AvgIpc) is 3.00. The van der Waals surface area contributed by atoms with Crippen LogP contribution in [-0.4, -0.2) is 13.1 Å². The third-order valence-electron chi connectivity index (χ3n) is 2.55. The molecule has 3 heteroatoms. The fourth-order valence-electron chi connectivity index (χ4n) is 1.55. The van der Waals surface area contributed by atoms with Gasteiger partial charge in [0, 0.05) is 17.6 Å². The van der Waals surface area contributed by atoms with Crippen molar-refractivity contribution in [2.45, 2.75) is 18.9 Å². The van der Waals surface area contributed by atoms with Crippen LogP contribution in [0.1, 0.15) is 18.4 Å². The van der Waals surface area contributed by atoms with Crippen LogP contribution in [0.25, 0.3) is 0 Å². The molecular formula is C11H11BrN2. The number of hydrogen-bond donors (Lipinski definition) is 0. The van der Waals surface area contributed by atoms with Gasteiger partial charge in [0.15, 0.2) is 0 Å². The quantitative estimate of drug-likeness (QED) is 0.808. The van der Waals surface area contributed by atoms with Crippen molar-refractivity contribution in [3.05, 3.63) is 28.2 Å². The van der Waals surface area contributed by atoms with Crippen LogP contribution in [0.3, 0.4) is 0 Å². The summed E-state index contributed by atoms with van der Waals surface area (Å²) >= 11 is 3.43.